The van der Waals surface area contributed by atoms with Gasteiger partial charge in [0, 0.05) is 36.6 Å². The van der Waals surface area contributed by atoms with Crippen molar-refractivity contribution < 1.29 is 8.42 Å². The van der Waals surface area contributed by atoms with E-state index in [9.17, 15) is 8.42 Å². The minimum absolute atomic E-state index is 0.00974. The monoisotopic (exact) mass is 399 g/mol. The number of fused-ring (bicyclic) bond motifs is 2. The maximum absolute atomic E-state index is 12.1. The Morgan fingerprint density at radius 2 is 1.93 bits per heavy atom. The van der Waals surface area contributed by atoms with Gasteiger partial charge in [-0.05, 0) is 25.7 Å². The lowest BCUT2D eigenvalue weighted by Crippen LogP contribution is -2.31. The Balaban J connectivity index is 1.41. The summed E-state index contributed by atoms with van der Waals surface area (Å²) in [5.74, 6) is 2.67. The van der Waals surface area contributed by atoms with Crippen molar-refractivity contribution in [3.05, 3.63) is 18.5 Å². The van der Waals surface area contributed by atoms with E-state index in [2.05, 4.69) is 19.8 Å². The Hall–Kier alpha value is -2.49. The van der Waals surface area contributed by atoms with Crippen LogP contribution in [0.15, 0.2) is 18.5 Å². The second-order valence-electron chi connectivity index (χ2n) is 8.38. The molecule has 0 radical (unpaired) electrons. The normalized spacial score (nSPS) is 34.2. The molecule has 2 bridgehead atoms. The summed E-state index contributed by atoms with van der Waals surface area (Å²) in [5, 5.41) is -0.362. The van der Waals surface area contributed by atoms with Gasteiger partial charge >= 0.3 is 0 Å². The number of rotatable bonds is 3. The first-order chi connectivity index (χ1) is 13.4. The molecule has 5 fully saturated rings. The molecule has 4 saturated heterocycles. The predicted molar refractivity (Wildman–Crippen MR) is 105 cm³/mol. The lowest BCUT2D eigenvalue weighted by Gasteiger charge is -2.26. The van der Waals surface area contributed by atoms with Crippen molar-refractivity contribution in [3.8, 4) is 11.3 Å². The van der Waals surface area contributed by atoms with E-state index in [0.717, 1.165) is 35.5 Å². The summed E-state index contributed by atoms with van der Waals surface area (Å²) in [6.45, 7) is 2.79. The first-order valence-corrected chi connectivity index (χ1v) is 11.4. The van der Waals surface area contributed by atoms with Gasteiger partial charge in [-0.2, -0.15) is 4.98 Å². The molecule has 0 amide bonds. The van der Waals surface area contributed by atoms with Crippen LogP contribution >= 0.6 is 0 Å². The fourth-order valence-corrected chi connectivity index (χ4v) is 6.90. The van der Waals surface area contributed by atoms with Crippen LogP contribution in [-0.2, 0) is 9.84 Å². The summed E-state index contributed by atoms with van der Waals surface area (Å²) in [6.07, 6.45) is 5.74. The Labute approximate surface area is 162 Å². The van der Waals surface area contributed by atoms with E-state index in [1.165, 1.54) is 12.8 Å². The third kappa shape index (κ3) is 2.27. The van der Waals surface area contributed by atoms with E-state index in [-0.39, 0.29) is 29.0 Å². The fourth-order valence-electron chi connectivity index (χ4n) is 5.02. The fraction of sp³-hybridized carbons (Fsp3) is 0.556. The zero-order chi connectivity index (χ0) is 19.2. The highest BCUT2D eigenvalue weighted by atomic mass is 32.2. The summed E-state index contributed by atoms with van der Waals surface area (Å²) in [6, 6.07) is 2.46. The standard InChI is InChI=1S/C18H21N7O2S/c1-9-16-14(8-28(9,26)27)25(16)15-4-13(11-5-20-17(19)21-6-11)22-18(23-15)24-7-10-2-12(24)3-10/h4-6,9-10,12,14,16H,2-3,7-8H2,1H3,(H2,19,20,21)/t9-,10?,12?,14+,16?,25?/m0/s1. The summed E-state index contributed by atoms with van der Waals surface area (Å²) >= 11 is 0. The molecule has 3 atom stereocenters. The lowest BCUT2D eigenvalue weighted by molar-refractivity contribution is 0.380. The van der Waals surface area contributed by atoms with Crippen LogP contribution in [0.4, 0.5) is 17.7 Å². The summed E-state index contributed by atoms with van der Waals surface area (Å²) in [7, 11) is -2.99. The molecule has 0 aromatic carbocycles. The molecular formula is C18H21N7O2S. The van der Waals surface area contributed by atoms with Crippen molar-refractivity contribution in [3.63, 3.8) is 0 Å². The van der Waals surface area contributed by atoms with E-state index in [1.807, 2.05) is 6.07 Å². The van der Waals surface area contributed by atoms with Gasteiger partial charge in [0.2, 0.25) is 11.9 Å². The average molecular weight is 399 g/mol. The highest BCUT2D eigenvalue weighted by Crippen LogP contribution is 2.47. The van der Waals surface area contributed by atoms with Gasteiger partial charge in [0.25, 0.3) is 0 Å². The van der Waals surface area contributed by atoms with Crippen LogP contribution in [-0.4, -0.2) is 64.0 Å². The van der Waals surface area contributed by atoms with Crippen LogP contribution in [0.3, 0.4) is 0 Å². The van der Waals surface area contributed by atoms with Crippen molar-refractivity contribution in [2.45, 2.75) is 43.1 Å². The van der Waals surface area contributed by atoms with Crippen molar-refractivity contribution in [2.24, 2.45) is 5.92 Å². The zero-order valence-corrected chi connectivity index (χ0v) is 16.2. The number of sulfone groups is 1. The second-order valence-corrected chi connectivity index (χ2v) is 10.8. The maximum Gasteiger partial charge on any atom is 0.228 e. The molecule has 146 valence electrons. The molecule has 2 aromatic heterocycles. The van der Waals surface area contributed by atoms with E-state index in [0.29, 0.717) is 6.04 Å². The molecule has 5 aliphatic rings. The number of anilines is 3. The molecular weight excluding hydrogens is 378 g/mol. The second kappa shape index (κ2) is 5.31. The van der Waals surface area contributed by atoms with Gasteiger partial charge in [0.05, 0.1) is 28.8 Å². The summed E-state index contributed by atoms with van der Waals surface area (Å²) < 4.78 is 24.3. The van der Waals surface area contributed by atoms with Gasteiger partial charge in [0.1, 0.15) is 5.82 Å². The van der Waals surface area contributed by atoms with Crippen molar-refractivity contribution in [2.75, 3.05) is 27.8 Å². The van der Waals surface area contributed by atoms with Crippen LogP contribution in [0.5, 0.6) is 0 Å². The van der Waals surface area contributed by atoms with E-state index in [1.54, 1.807) is 19.3 Å². The highest BCUT2D eigenvalue weighted by Gasteiger charge is 2.62. The van der Waals surface area contributed by atoms with Crippen LogP contribution in [0, 0.1) is 5.92 Å². The van der Waals surface area contributed by atoms with E-state index >= 15 is 0 Å². The highest BCUT2D eigenvalue weighted by molar-refractivity contribution is 7.92. The number of hydrogen-bond acceptors (Lipinski definition) is 9. The molecule has 9 nitrogen and oxygen atoms in total. The third-order valence-electron chi connectivity index (χ3n) is 6.73. The molecule has 7 rings (SSSR count). The smallest absolute Gasteiger partial charge is 0.228 e. The molecule has 2 aromatic rings. The number of nitrogens with zero attached hydrogens (tertiary/aromatic N) is 6. The van der Waals surface area contributed by atoms with Crippen LogP contribution in [0.2, 0.25) is 0 Å². The Morgan fingerprint density at radius 1 is 1.18 bits per heavy atom. The summed E-state index contributed by atoms with van der Waals surface area (Å²) in [5.41, 5.74) is 7.14. The molecule has 0 spiro atoms. The van der Waals surface area contributed by atoms with Gasteiger partial charge in [-0.3, -0.25) is 0 Å². The molecule has 2 N–H and O–H groups in total. The number of aromatic nitrogens is 4. The minimum atomic E-state index is -2.99. The molecule has 28 heavy (non-hydrogen) atoms. The number of nitrogens with two attached hydrogens (primary N) is 1. The molecule has 1 saturated carbocycles. The van der Waals surface area contributed by atoms with Crippen molar-refractivity contribution >= 4 is 27.6 Å². The molecule has 1 aliphatic carbocycles. The number of nitrogen functional groups attached to an aromatic ring is 1. The largest absolute Gasteiger partial charge is 0.368 e. The Bertz CT molecular complexity index is 1070. The first kappa shape index (κ1) is 16.5. The van der Waals surface area contributed by atoms with E-state index < -0.39 is 9.84 Å². The molecule has 4 aliphatic heterocycles. The van der Waals surface area contributed by atoms with Crippen LogP contribution in [0.25, 0.3) is 11.3 Å². The average Bonchev–Trinajstić information content (AvgIpc) is 2.95. The van der Waals surface area contributed by atoms with Gasteiger partial charge in [-0.25, -0.2) is 23.4 Å². The van der Waals surface area contributed by atoms with Gasteiger partial charge < -0.3 is 15.5 Å². The van der Waals surface area contributed by atoms with Gasteiger partial charge in [-0.15, -0.1) is 0 Å². The maximum atomic E-state index is 12.1. The van der Waals surface area contributed by atoms with Crippen molar-refractivity contribution in [1.82, 2.24) is 19.9 Å². The van der Waals surface area contributed by atoms with E-state index in [4.69, 9.17) is 15.7 Å². The SMILES string of the molecule is C[C@H]1C2[C@@H](CS1(=O)=O)N2c1cc(-c2cnc(N)nc2)nc(N2CC3CC2C3)n1. The van der Waals surface area contributed by atoms with Crippen LogP contribution < -0.4 is 15.5 Å². The van der Waals surface area contributed by atoms with Gasteiger partial charge in [0.15, 0.2) is 9.84 Å². The molecule has 6 heterocycles. The minimum Gasteiger partial charge on any atom is -0.368 e. The summed E-state index contributed by atoms with van der Waals surface area (Å²) in [4.78, 5) is 22.2. The topological polar surface area (TPSA) is 118 Å². The first-order valence-electron chi connectivity index (χ1n) is 9.64. The van der Waals surface area contributed by atoms with Crippen molar-refractivity contribution in [1.29, 1.82) is 0 Å². The molecule has 1 unspecified atom stereocenters. The third-order valence-corrected chi connectivity index (χ3v) is 8.95. The van der Waals surface area contributed by atoms with Gasteiger partial charge in [-0.1, -0.05) is 0 Å². The Morgan fingerprint density at radius 3 is 2.54 bits per heavy atom. The quantitative estimate of drug-likeness (QED) is 0.736. The zero-order valence-electron chi connectivity index (χ0n) is 15.4. The lowest BCUT2D eigenvalue weighted by atomic mass is 9.86. The van der Waals surface area contributed by atoms with Crippen LogP contribution in [0.1, 0.15) is 19.8 Å². The Kier molecular flexibility index (Phi) is 3.12. The number of hydrogen-bond donors (Lipinski definition) is 1. The predicted octanol–water partition coefficient (Wildman–Crippen LogP) is 0.488. The molecule has 10 heteroatoms.